The van der Waals surface area contributed by atoms with Gasteiger partial charge in [0.15, 0.2) is 11.5 Å². The summed E-state index contributed by atoms with van der Waals surface area (Å²) in [5.74, 6) is -0.593. The van der Waals surface area contributed by atoms with Gasteiger partial charge in [-0.25, -0.2) is 5.01 Å². The second kappa shape index (κ2) is 7.78. The molecule has 1 saturated heterocycles. The highest BCUT2D eigenvalue weighted by Crippen LogP contribution is 2.33. The molecule has 2 aromatic rings. The lowest BCUT2D eigenvalue weighted by atomic mass is 10.0. The van der Waals surface area contributed by atoms with Gasteiger partial charge in [0.2, 0.25) is 0 Å². The van der Waals surface area contributed by atoms with Crippen LogP contribution in [0.15, 0.2) is 60.7 Å². The van der Waals surface area contributed by atoms with Crippen LogP contribution < -0.4 is 15.2 Å². The number of nitrogens with zero attached hydrogens (tertiary/aromatic N) is 1. The first kappa shape index (κ1) is 18.3. The Kier molecular flexibility index (Phi) is 5.26. The molecule has 0 aromatic heterocycles. The van der Waals surface area contributed by atoms with Crippen LogP contribution in [0.4, 0.5) is 5.69 Å². The van der Waals surface area contributed by atoms with Crippen molar-refractivity contribution in [2.75, 3.05) is 11.6 Å². The minimum atomic E-state index is -0.486. The third-order valence-electron chi connectivity index (χ3n) is 4.06. The Morgan fingerprint density at radius 1 is 1.22 bits per heavy atom. The zero-order valence-corrected chi connectivity index (χ0v) is 14.9. The van der Waals surface area contributed by atoms with E-state index in [0.29, 0.717) is 35.6 Å². The summed E-state index contributed by atoms with van der Waals surface area (Å²) in [7, 11) is 0. The van der Waals surface area contributed by atoms with Crippen LogP contribution in [-0.4, -0.2) is 23.5 Å². The van der Waals surface area contributed by atoms with Crippen LogP contribution in [0.5, 0.6) is 11.5 Å². The number of benzene rings is 2. The molecule has 1 aliphatic rings. The number of aromatic hydroxyl groups is 1. The zero-order chi connectivity index (χ0) is 19.4. The number of allylic oxidation sites excluding steroid dienone is 1. The Morgan fingerprint density at radius 2 is 1.96 bits per heavy atom. The third kappa shape index (κ3) is 3.69. The molecule has 0 radical (unpaired) electrons. The molecule has 1 fully saturated rings. The Balaban J connectivity index is 1.99. The van der Waals surface area contributed by atoms with Gasteiger partial charge in [-0.3, -0.25) is 15.0 Å². The lowest BCUT2D eigenvalue weighted by Gasteiger charge is -2.14. The molecule has 0 aliphatic carbocycles. The first-order valence-corrected chi connectivity index (χ1v) is 8.57. The molecule has 0 spiro atoms. The Morgan fingerprint density at radius 3 is 2.63 bits per heavy atom. The van der Waals surface area contributed by atoms with Crippen molar-refractivity contribution >= 4 is 23.6 Å². The Bertz CT molecular complexity index is 919. The van der Waals surface area contributed by atoms with Gasteiger partial charge in [0, 0.05) is 5.56 Å². The van der Waals surface area contributed by atoms with E-state index >= 15 is 0 Å². The molecule has 2 amide bonds. The van der Waals surface area contributed by atoms with E-state index in [2.05, 4.69) is 12.0 Å². The Hall–Kier alpha value is -3.54. The molecule has 138 valence electrons. The maximum Gasteiger partial charge on any atom is 0.282 e. The van der Waals surface area contributed by atoms with Crippen molar-refractivity contribution in [2.45, 2.75) is 13.3 Å². The van der Waals surface area contributed by atoms with Crippen molar-refractivity contribution in [2.24, 2.45) is 0 Å². The van der Waals surface area contributed by atoms with Gasteiger partial charge in [-0.1, -0.05) is 24.3 Å². The van der Waals surface area contributed by atoms with Gasteiger partial charge in [-0.2, -0.15) is 0 Å². The first-order valence-electron chi connectivity index (χ1n) is 8.57. The maximum absolute atomic E-state index is 12.7. The number of phenolic OH excluding ortho intramolecular Hbond substituents is 1. The average molecular weight is 364 g/mol. The largest absolute Gasteiger partial charge is 0.504 e. The molecule has 27 heavy (non-hydrogen) atoms. The summed E-state index contributed by atoms with van der Waals surface area (Å²) in [6.45, 7) is 5.87. The molecular formula is C21H20N2O4. The predicted molar refractivity (Wildman–Crippen MR) is 103 cm³/mol. The van der Waals surface area contributed by atoms with E-state index in [0.717, 1.165) is 0 Å². The summed E-state index contributed by atoms with van der Waals surface area (Å²) in [6.07, 6.45) is 3.58. The molecule has 2 aromatic carbocycles. The summed E-state index contributed by atoms with van der Waals surface area (Å²) >= 11 is 0. The number of hydrogen-bond donors (Lipinski definition) is 2. The topological polar surface area (TPSA) is 78.9 Å². The van der Waals surface area contributed by atoms with E-state index in [-0.39, 0.29) is 11.3 Å². The smallest absolute Gasteiger partial charge is 0.282 e. The van der Waals surface area contributed by atoms with Crippen molar-refractivity contribution < 1.29 is 19.4 Å². The molecule has 0 bridgehead atoms. The zero-order valence-electron chi connectivity index (χ0n) is 14.9. The van der Waals surface area contributed by atoms with Crippen molar-refractivity contribution in [3.8, 4) is 11.5 Å². The second-order valence-electron chi connectivity index (χ2n) is 5.93. The number of phenols is 1. The van der Waals surface area contributed by atoms with Crippen LogP contribution in [0.2, 0.25) is 0 Å². The van der Waals surface area contributed by atoms with E-state index < -0.39 is 11.8 Å². The highest BCUT2D eigenvalue weighted by molar-refractivity contribution is 6.31. The SMILES string of the molecule is C=CCc1cc(/C=C2/C(=O)NN(c3ccccc3)C2=O)cc(OCC)c1O. The Labute approximate surface area is 157 Å². The summed E-state index contributed by atoms with van der Waals surface area (Å²) in [6, 6.07) is 12.2. The quantitative estimate of drug-likeness (QED) is 0.469. The van der Waals surface area contributed by atoms with Crippen molar-refractivity contribution in [1.29, 1.82) is 0 Å². The van der Waals surface area contributed by atoms with Gasteiger partial charge >= 0.3 is 0 Å². The number of hydrazine groups is 1. The predicted octanol–water partition coefficient (Wildman–Crippen LogP) is 2.98. The molecule has 0 unspecified atom stereocenters. The standard InChI is InChI=1S/C21H20N2O4/c1-3-8-15-11-14(13-18(19(15)24)27-4-2)12-17-20(25)22-23(21(17)26)16-9-6-5-7-10-16/h3,5-7,9-13,24H,1,4,8H2,2H3,(H,22,25)/b17-12-. The minimum Gasteiger partial charge on any atom is -0.504 e. The lowest BCUT2D eigenvalue weighted by molar-refractivity contribution is -0.117. The number of carbonyl (C=O) groups is 2. The van der Waals surface area contributed by atoms with Crippen molar-refractivity contribution in [1.82, 2.24) is 5.43 Å². The highest BCUT2D eigenvalue weighted by atomic mass is 16.5. The van der Waals surface area contributed by atoms with Crippen LogP contribution in [0.25, 0.3) is 6.08 Å². The molecule has 6 heteroatoms. The normalized spacial score (nSPS) is 15.1. The lowest BCUT2D eigenvalue weighted by Crippen LogP contribution is -2.35. The number of amides is 2. The van der Waals surface area contributed by atoms with E-state index in [1.807, 2.05) is 13.0 Å². The first-order chi connectivity index (χ1) is 13.0. The average Bonchev–Trinajstić information content (AvgIpc) is 2.94. The number of nitrogens with one attached hydrogen (secondary N) is 1. The summed E-state index contributed by atoms with van der Waals surface area (Å²) in [5.41, 5.74) is 4.34. The molecule has 1 aliphatic heterocycles. The van der Waals surface area contributed by atoms with Crippen LogP contribution >= 0.6 is 0 Å². The summed E-state index contributed by atoms with van der Waals surface area (Å²) < 4.78 is 5.46. The van der Waals surface area contributed by atoms with Crippen molar-refractivity contribution in [3.63, 3.8) is 0 Å². The minimum absolute atomic E-state index is 0.0107. The molecule has 0 atom stereocenters. The van der Waals surface area contributed by atoms with Gasteiger partial charge in [0.1, 0.15) is 5.57 Å². The molecular weight excluding hydrogens is 344 g/mol. The van der Waals surface area contributed by atoms with E-state index in [1.165, 1.54) is 11.1 Å². The molecule has 1 heterocycles. The summed E-state index contributed by atoms with van der Waals surface area (Å²) in [5, 5.41) is 11.5. The number of anilines is 1. The second-order valence-corrected chi connectivity index (χ2v) is 5.93. The summed E-state index contributed by atoms with van der Waals surface area (Å²) in [4.78, 5) is 25.0. The fraction of sp³-hybridized carbons (Fsp3) is 0.143. The van der Waals surface area contributed by atoms with Crippen LogP contribution in [0.3, 0.4) is 0 Å². The van der Waals surface area contributed by atoms with Crippen LogP contribution in [0, 0.1) is 0 Å². The number of para-hydroxylation sites is 1. The van der Waals surface area contributed by atoms with Gasteiger partial charge in [0.05, 0.1) is 12.3 Å². The number of carbonyl (C=O) groups excluding carboxylic acids is 2. The van der Waals surface area contributed by atoms with Gasteiger partial charge in [-0.05, 0) is 49.2 Å². The van der Waals surface area contributed by atoms with Crippen LogP contribution in [-0.2, 0) is 16.0 Å². The van der Waals surface area contributed by atoms with E-state index in [4.69, 9.17) is 4.74 Å². The molecule has 6 nitrogen and oxygen atoms in total. The van der Waals surface area contributed by atoms with E-state index in [1.54, 1.807) is 42.5 Å². The van der Waals surface area contributed by atoms with Crippen LogP contribution in [0.1, 0.15) is 18.1 Å². The number of rotatable bonds is 6. The fourth-order valence-electron chi connectivity index (χ4n) is 2.83. The van der Waals surface area contributed by atoms with Crippen molar-refractivity contribution in [3.05, 3.63) is 71.8 Å². The van der Waals surface area contributed by atoms with Gasteiger partial charge in [-0.15, -0.1) is 6.58 Å². The van der Waals surface area contributed by atoms with Gasteiger partial charge < -0.3 is 9.84 Å². The maximum atomic E-state index is 12.7. The van der Waals surface area contributed by atoms with Gasteiger partial charge in [0.25, 0.3) is 11.8 Å². The third-order valence-corrected chi connectivity index (χ3v) is 4.06. The highest BCUT2D eigenvalue weighted by Gasteiger charge is 2.34. The number of ether oxygens (including phenoxy) is 1. The monoisotopic (exact) mass is 364 g/mol. The number of hydrogen-bond acceptors (Lipinski definition) is 4. The molecule has 3 rings (SSSR count). The molecule has 0 saturated carbocycles. The van der Waals surface area contributed by atoms with E-state index in [9.17, 15) is 14.7 Å². The fourth-order valence-corrected chi connectivity index (χ4v) is 2.83. The molecule has 2 N–H and O–H groups in total.